The molecule has 30 valence electrons. The molecule has 0 aliphatic rings. The third-order valence-electron chi connectivity index (χ3n) is 0. The van der Waals surface area contributed by atoms with Crippen molar-refractivity contribution in [1.29, 1.82) is 0 Å². The molecule has 0 bridgehead atoms. The van der Waals surface area contributed by atoms with E-state index < -0.39 is 7.38 Å². The van der Waals surface area contributed by atoms with Crippen molar-refractivity contribution < 1.29 is 9.46 Å². The molecule has 1 unspecified atom stereocenters. The van der Waals surface area contributed by atoms with E-state index in [4.69, 9.17) is 9.46 Å². The zero-order valence-corrected chi connectivity index (χ0v) is 5.61. The molecule has 5 heavy (non-hydrogen) atoms. The number of hydrogen-bond donors (Lipinski definition) is 1. The highest BCUT2D eigenvalue weighted by molar-refractivity contribution is 7.68. The Balaban J connectivity index is 0. The van der Waals surface area contributed by atoms with E-state index in [1.165, 1.54) is 0 Å². The van der Waals surface area contributed by atoms with Crippen LogP contribution in [0.25, 0.3) is 0 Å². The fourth-order valence-corrected chi connectivity index (χ4v) is 0. The largest absolute Gasteiger partial charge is 0.335 e. The van der Waals surface area contributed by atoms with Crippen LogP contribution in [0.3, 0.4) is 0 Å². The molecule has 0 aromatic heterocycles. The number of halogens is 1. The summed E-state index contributed by atoms with van der Waals surface area (Å²) in [6, 6.07) is 0. The van der Waals surface area contributed by atoms with Crippen LogP contribution < -0.4 is 0 Å². The van der Waals surface area contributed by atoms with Gasteiger partial charge in [-0.1, -0.05) is 0 Å². The van der Waals surface area contributed by atoms with Crippen LogP contribution in [0.4, 0.5) is 0 Å². The van der Waals surface area contributed by atoms with Gasteiger partial charge in [0.25, 0.3) is 7.38 Å². The first-order valence-electron chi connectivity index (χ1n) is 0.617. The highest BCUT2D eigenvalue weighted by Crippen LogP contribution is 2.17. The summed E-state index contributed by atoms with van der Waals surface area (Å²) in [6.07, 6.45) is 0. The molecule has 0 heterocycles. The minimum atomic E-state index is -2.66. The highest BCUT2D eigenvalue weighted by atomic mass is 35.7. The van der Waals surface area contributed by atoms with Gasteiger partial charge in [0.2, 0.25) is 0 Å². The zero-order valence-electron chi connectivity index (χ0n) is 2.44. The lowest BCUT2D eigenvalue weighted by Gasteiger charge is -1.57. The first-order chi connectivity index (χ1) is 1.73. The molecule has 0 aliphatic heterocycles. The van der Waals surface area contributed by atoms with Gasteiger partial charge >= 0.3 is 0 Å². The molecule has 5 heteroatoms. The van der Waals surface area contributed by atoms with E-state index in [2.05, 4.69) is 11.2 Å². The molecular formula is H3AlClO2P. The van der Waals surface area contributed by atoms with E-state index in [1.54, 1.807) is 0 Å². The van der Waals surface area contributed by atoms with Crippen LogP contribution in [0, 0.1) is 0 Å². The Morgan fingerprint density at radius 2 is 1.80 bits per heavy atom. The SMILES string of the molecule is O=[PH](O)Cl.[AlH]. The molecule has 0 aromatic rings. The second kappa shape index (κ2) is 5.01. The predicted molar refractivity (Wildman–Crippen MR) is 24.2 cm³/mol. The summed E-state index contributed by atoms with van der Waals surface area (Å²) in [5.74, 6) is 0. The van der Waals surface area contributed by atoms with E-state index in [0.717, 1.165) is 0 Å². The summed E-state index contributed by atoms with van der Waals surface area (Å²) in [4.78, 5) is 7.37. The van der Waals surface area contributed by atoms with Crippen molar-refractivity contribution in [3.8, 4) is 0 Å². The summed E-state index contributed by atoms with van der Waals surface area (Å²) < 4.78 is 8.95. The van der Waals surface area contributed by atoms with Crippen molar-refractivity contribution in [3.63, 3.8) is 0 Å². The van der Waals surface area contributed by atoms with Crippen molar-refractivity contribution in [1.82, 2.24) is 0 Å². The van der Waals surface area contributed by atoms with E-state index in [1.807, 2.05) is 0 Å². The Morgan fingerprint density at radius 3 is 1.80 bits per heavy atom. The smallest absolute Gasteiger partial charge is 0.276 e. The standard InChI is InChI=1S/Al.ClH2O2P.H/c;1-4(2)3;/h;4H,(H,2,3);. The zero-order chi connectivity index (χ0) is 3.58. The average molecular weight is 128 g/mol. The van der Waals surface area contributed by atoms with Gasteiger partial charge in [0.15, 0.2) is 0 Å². The quantitative estimate of drug-likeness (QED) is 0.367. The molecule has 2 nitrogen and oxygen atoms in total. The fourth-order valence-electron chi connectivity index (χ4n) is 0. The topological polar surface area (TPSA) is 37.3 Å². The normalized spacial score (nSPS) is 12.4. The van der Waals surface area contributed by atoms with Gasteiger partial charge in [-0.3, -0.25) is 4.57 Å². The van der Waals surface area contributed by atoms with Crippen LogP contribution in [-0.4, -0.2) is 22.3 Å². The van der Waals surface area contributed by atoms with Gasteiger partial charge in [-0.05, 0) is 11.2 Å². The molecule has 2 radical (unpaired) electrons. The number of hydrogen-bond acceptors (Lipinski definition) is 1. The lowest BCUT2D eigenvalue weighted by atomic mass is 15.9. The van der Waals surface area contributed by atoms with Crippen molar-refractivity contribution >= 4 is 36.0 Å². The Labute approximate surface area is 45.9 Å². The Bertz CT molecular complexity index is 32.6. The summed E-state index contributed by atoms with van der Waals surface area (Å²) in [5.41, 5.74) is 0. The summed E-state index contributed by atoms with van der Waals surface area (Å²) in [5, 5.41) is 0. The van der Waals surface area contributed by atoms with E-state index in [-0.39, 0.29) is 17.4 Å². The summed E-state index contributed by atoms with van der Waals surface area (Å²) in [7, 11) is -2.66. The monoisotopic (exact) mass is 128 g/mol. The van der Waals surface area contributed by atoms with Crippen molar-refractivity contribution in [2.75, 3.05) is 0 Å². The van der Waals surface area contributed by atoms with Gasteiger partial charge < -0.3 is 4.89 Å². The second-order valence-electron chi connectivity index (χ2n) is 0.253. The van der Waals surface area contributed by atoms with Gasteiger partial charge in [-0.25, -0.2) is 0 Å². The molecule has 0 saturated carbocycles. The maximum atomic E-state index is 8.95. The van der Waals surface area contributed by atoms with Crippen LogP contribution in [0.5, 0.6) is 0 Å². The lowest BCUT2D eigenvalue weighted by Crippen LogP contribution is -1.21. The maximum Gasteiger partial charge on any atom is 0.276 e. The molecule has 1 N–H and O–H groups in total. The lowest BCUT2D eigenvalue weighted by molar-refractivity contribution is 0.518. The highest BCUT2D eigenvalue weighted by Gasteiger charge is 1.64. The molecule has 0 fully saturated rings. The predicted octanol–water partition coefficient (Wildman–Crippen LogP) is -0.0413. The minimum Gasteiger partial charge on any atom is -0.335 e. The maximum absolute atomic E-state index is 8.95. The van der Waals surface area contributed by atoms with E-state index >= 15 is 0 Å². The van der Waals surface area contributed by atoms with Crippen LogP contribution in [-0.2, 0) is 4.57 Å². The molecule has 0 aliphatic carbocycles. The number of rotatable bonds is 0. The molecule has 0 saturated heterocycles. The van der Waals surface area contributed by atoms with Gasteiger partial charge in [0, 0.05) is 0 Å². The summed E-state index contributed by atoms with van der Waals surface area (Å²) >= 11 is 4.38. The molecular weight excluding hydrogens is 125 g/mol. The molecule has 0 aromatic carbocycles. The third-order valence-corrected chi connectivity index (χ3v) is 0. The molecule has 0 rings (SSSR count). The van der Waals surface area contributed by atoms with Gasteiger partial charge in [0.1, 0.15) is 0 Å². The van der Waals surface area contributed by atoms with E-state index in [0.29, 0.717) is 0 Å². The Hall–Kier alpha value is 1.01. The fraction of sp³-hybridized carbons (Fsp3) is 0. The Kier molecular flexibility index (Phi) is 9.41. The average Bonchev–Trinajstić information content (AvgIpc) is 0.811. The first-order valence-corrected chi connectivity index (χ1v) is 2.98. The second-order valence-corrected chi connectivity index (χ2v) is 1.73. The van der Waals surface area contributed by atoms with Crippen LogP contribution in [0.1, 0.15) is 0 Å². The molecule has 0 spiro atoms. The van der Waals surface area contributed by atoms with Gasteiger partial charge in [-0.2, -0.15) is 0 Å². The van der Waals surface area contributed by atoms with Crippen molar-refractivity contribution in [2.45, 2.75) is 0 Å². The van der Waals surface area contributed by atoms with Gasteiger partial charge in [0.05, 0.1) is 17.4 Å². The van der Waals surface area contributed by atoms with Crippen molar-refractivity contribution in [3.05, 3.63) is 0 Å². The first kappa shape index (κ1) is 9.38. The third kappa shape index (κ3) is 44.4. The van der Waals surface area contributed by atoms with Crippen LogP contribution in [0.2, 0.25) is 0 Å². The van der Waals surface area contributed by atoms with E-state index in [9.17, 15) is 0 Å². The van der Waals surface area contributed by atoms with Gasteiger partial charge in [-0.15, -0.1) is 0 Å². The van der Waals surface area contributed by atoms with Crippen LogP contribution in [0.15, 0.2) is 0 Å². The van der Waals surface area contributed by atoms with Crippen LogP contribution >= 0.6 is 18.6 Å². The summed E-state index contributed by atoms with van der Waals surface area (Å²) in [6.45, 7) is 0. The minimum absolute atomic E-state index is 0. The molecule has 1 atom stereocenters. The Morgan fingerprint density at radius 1 is 1.80 bits per heavy atom. The van der Waals surface area contributed by atoms with Crippen molar-refractivity contribution in [2.24, 2.45) is 0 Å². The molecule has 0 amide bonds.